The molecule has 62 heavy (non-hydrogen) atoms. The van der Waals surface area contributed by atoms with E-state index in [4.69, 9.17) is 12.6 Å². The van der Waals surface area contributed by atoms with Crippen LogP contribution in [0.4, 0.5) is 0 Å². The van der Waals surface area contributed by atoms with Crippen LogP contribution in [0.1, 0.15) is 87.2 Å². The minimum atomic E-state index is 0.651. The Hall–Kier alpha value is -4.85. The number of fused-ring (bicyclic) bond motifs is 5. The minimum absolute atomic E-state index is 0.651. The van der Waals surface area contributed by atoms with Gasteiger partial charge >= 0.3 is 0 Å². The van der Waals surface area contributed by atoms with Crippen LogP contribution in [-0.2, 0) is 0 Å². The van der Waals surface area contributed by atoms with Crippen LogP contribution in [0, 0.1) is 52.8 Å². The van der Waals surface area contributed by atoms with Crippen molar-refractivity contribution in [2.45, 2.75) is 80.9 Å². The molecule has 8 unspecified atom stereocenters. The first-order chi connectivity index (χ1) is 30.6. The van der Waals surface area contributed by atoms with Gasteiger partial charge in [-0.1, -0.05) is 127 Å². The van der Waals surface area contributed by atoms with Gasteiger partial charge in [0.05, 0.1) is 0 Å². The highest BCUT2D eigenvalue weighted by Gasteiger charge is 2.74. The fourth-order valence-electron chi connectivity index (χ4n) is 17.5. The lowest BCUT2D eigenvalue weighted by Crippen LogP contribution is -2.71. The van der Waals surface area contributed by atoms with Crippen LogP contribution < -0.4 is 0 Å². The van der Waals surface area contributed by atoms with E-state index >= 15 is 0 Å². The summed E-state index contributed by atoms with van der Waals surface area (Å²) in [5.41, 5.74) is 11.7. The van der Waals surface area contributed by atoms with Gasteiger partial charge in [0, 0.05) is 4.90 Å². The van der Waals surface area contributed by atoms with Crippen LogP contribution in [0.25, 0.3) is 76.5 Å². The van der Waals surface area contributed by atoms with Crippen molar-refractivity contribution in [1.29, 1.82) is 0 Å². The molecule has 1 heteroatoms. The van der Waals surface area contributed by atoms with Gasteiger partial charge in [0.25, 0.3) is 0 Å². The van der Waals surface area contributed by atoms with Gasteiger partial charge in [-0.05, 0) is 229 Å². The predicted molar refractivity (Wildman–Crippen MR) is 262 cm³/mol. The summed E-state index contributed by atoms with van der Waals surface area (Å²) in [6.45, 7) is 0. The van der Waals surface area contributed by atoms with E-state index in [-0.39, 0.29) is 0 Å². The third-order valence-corrected chi connectivity index (χ3v) is 19.4. The molecule has 304 valence electrons. The van der Waals surface area contributed by atoms with E-state index in [0.717, 1.165) is 57.7 Å². The topological polar surface area (TPSA) is 0 Å². The third-order valence-electron chi connectivity index (χ3n) is 19.1. The fraction of sp³-hybridized carbons (Fsp3) is 0.344. The summed E-state index contributed by atoms with van der Waals surface area (Å²) in [4.78, 5) is 1.03. The molecule has 0 saturated heterocycles. The quantitative estimate of drug-likeness (QED) is 0.130. The Bertz CT molecular complexity index is 3080. The highest BCUT2D eigenvalue weighted by Crippen LogP contribution is 2.83. The van der Waals surface area contributed by atoms with Gasteiger partial charge in [0.2, 0.25) is 0 Å². The zero-order chi connectivity index (χ0) is 40.4. The van der Waals surface area contributed by atoms with E-state index in [1.807, 2.05) is 0 Å². The zero-order valence-electron chi connectivity index (χ0n) is 35.6. The van der Waals surface area contributed by atoms with Crippen LogP contribution in [-0.4, -0.2) is 0 Å². The van der Waals surface area contributed by atoms with Gasteiger partial charge in [0.1, 0.15) is 0 Å². The molecule has 0 nitrogen and oxygen atoms in total. The van der Waals surface area contributed by atoms with Crippen molar-refractivity contribution in [2.75, 3.05) is 0 Å². The van der Waals surface area contributed by atoms with E-state index in [1.165, 1.54) is 141 Å². The van der Waals surface area contributed by atoms with Crippen LogP contribution in [0.15, 0.2) is 144 Å². The second kappa shape index (κ2) is 12.9. The Morgan fingerprint density at radius 3 is 1.47 bits per heavy atom. The fourth-order valence-corrected chi connectivity index (χ4v) is 17.8. The Kier molecular flexibility index (Phi) is 7.39. The lowest BCUT2D eigenvalue weighted by atomic mass is 9.25. The molecule has 10 saturated carbocycles. The predicted octanol–water partition coefficient (Wildman–Crippen LogP) is 16.7. The zero-order valence-corrected chi connectivity index (χ0v) is 36.5. The lowest BCUT2D eigenvalue weighted by molar-refractivity contribution is -0.288. The van der Waals surface area contributed by atoms with Gasteiger partial charge < -0.3 is 0 Å². The third kappa shape index (κ3) is 4.82. The summed E-state index contributed by atoms with van der Waals surface area (Å²) in [7, 11) is 0. The summed E-state index contributed by atoms with van der Waals surface area (Å²) < 4.78 is 0. The van der Waals surface area contributed by atoms with Crippen LogP contribution in [0.5, 0.6) is 0 Å². The van der Waals surface area contributed by atoms with Crippen molar-refractivity contribution in [3.63, 3.8) is 0 Å². The van der Waals surface area contributed by atoms with E-state index in [9.17, 15) is 0 Å². The molecule has 0 radical (unpaired) electrons. The molecular weight excluding hydrogens is 765 g/mol. The van der Waals surface area contributed by atoms with E-state index in [2.05, 4.69) is 140 Å². The molecule has 0 aliphatic heterocycles. The van der Waals surface area contributed by atoms with E-state index in [1.54, 1.807) is 11.1 Å². The molecule has 0 amide bonds. The Labute approximate surface area is 371 Å². The van der Waals surface area contributed by atoms with E-state index in [0.29, 0.717) is 11.8 Å². The average molecular weight is 819 g/mol. The van der Waals surface area contributed by atoms with Crippen molar-refractivity contribution in [1.82, 2.24) is 0 Å². The monoisotopic (exact) mass is 818 g/mol. The van der Waals surface area contributed by atoms with Crippen molar-refractivity contribution < 1.29 is 0 Å². The lowest BCUT2D eigenvalue weighted by Gasteiger charge is -2.79. The molecule has 8 aromatic carbocycles. The molecule has 10 aliphatic carbocycles. The maximum Gasteiger partial charge on any atom is 0.0125 e. The van der Waals surface area contributed by atoms with Crippen molar-refractivity contribution >= 4 is 55.7 Å². The first kappa shape index (κ1) is 35.6. The summed E-state index contributed by atoms with van der Waals surface area (Å²) in [5, 5.41) is 11.5. The summed E-state index contributed by atoms with van der Waals surface area (Å²) in [6.07, 6.45) is 14.6. The molecule has 8 aromatic rings. The number of benzene rings is 8. The maximum absolute atomic E-state index is 5.34. The Morgan fingerprint density at radius 1 is 0.403 bits per heavy atom. The normalized spacial score (nSPS) is 32.3. The molecule has 18 rings (SSSR count). The van der Waals surface area contributed by atoms with Crippen LogP contribution >= 0.6 is 12.6 Å². The molecule has 1 spiro atoms. The summed E-state index contributed by atoms with van der Waals surface area (Å²) in [5.74, 6) is 8.76. The first-order valence-electron chi connectivity index (χ1n) is 24.4. The highest BCUT2D eigenvalue weighted by molar-refractivity contribution is 7.80. The molecule has 0 aromatic heterocycles. The Morgan fingerprint density at radius 2 is 0.919 bits per heavy atom. The average Bonchev–Trinajstić information content (AvgIpc) is 3.49. The molecule has 10 fully saturated rings. The second-order valence-electron chi connectivity index (χ2n) is 21.9. The number of hydrogen-bond donors (Lipinski definition) is 1. The van der Waals surface area contributed by atoms with Crippen LogP contribution in [0.2, 0.25) is 0 Å². The standard InChI is InChI=1S/C61H54S/c62-54-30-39(56-44-12-1-5-16-48(44)58(49-17-6-2-13-45(49)56)52-27-36-23-34-22-35(24-36)26-40(52)25-34)20-21-43(54)37-10-9-11-38(28-37)55-46-14-3-7-18-50(46)59(51-19-8-4-15-47(51)55)57-41-29-42-32-61(31-41)33-53(57)60(42)61/h1-21,28,30,34-36,40-42,52-53,57,60,62H,22-27,29,31-33H2/t34?,35?,36?,40?,41?,42?,52?,53?,57?,60?,61-/m1/s1. The van der Waals surface area contributed by atoms with Crippen molar-refractivity contribution in [2.24, 2.45) is 52.8 Å². The SMILES string of the molecule is Sc1cc(-c2c3ccccc3c(C3CC4CC5CC(C4)CC3C5)c3ccccc23)ccc1-c1cccc(-c2c3ccccc3c(C3C4CC5C[C@]6(C4)CC3C56)c3ccccc23)c1. The van der Waals surface area contributed by atoms with Gasteiger partial charge in [-0.25, -0.2) is 0 Å². The smallest absolute Gasteiger partial charge is 0.0125 e. The highest BCUT2D eigenvalue weighted by atomic mass is 32.1. The van der Waals surface area contributed by atoms with Gasteiger partial charge in [-0.3, -0.25) is 0 Å². The Balaban J connectivity index is 0.848. The number of rotatable bonds is 5. The van der Waals surface area contributed by atoms with Gasteiger partial charge in [0.15, 0.2) is 0 Å². The van der Waals surface area contributed by atoms with Crippen molar-refractivity contribution in [3.05, 3.63) is 151 Å². The summed E-state index contributed by atoms with van der Waals surface area (Å²) in [6, 6.07) is 54.1. The molecule has 0 heterocycles. The number of thiol groups is 1. The van der Waals surface area contributed by atoms with Crippen molar-refractivity contribution in [3.8, 4) is 33.4 Å². The number of hydrogen-bond acceptors (Lipinski definition) is 1. The molecular formula is C61H54S. The van der Waals surface area contributed by atoms with Gasteiger partial charge in [-0.2, -0.15) is 0 Å². The van der Waals surface area contributed by atoms with Gasteiger partial charge in [-0.15, -0.1) is 12.6 Å². The molecule has 10 aliphatic rings. The minimum Gasteiger partial charge on any atom is -0.143 e. The second-order valence-corrected chi connectivity index (χ2v) is 22.4. The first-order valence-corrected chi connectivity index (χ1v) is 24.8. The molecule has 0 N–H and O–H groups in total. The largest absolute Gasteiger partial charge is 0.143 e. The molecule has 9 atom stereocenters. The maximum atomic E-state index is 5.34. The van der Waals surface area contributed by atoms with E-state index < -0.39 is 0 Å². The molecule has 9 bridgehead atoms. The van der Waals surface area contributed by atoms with Crippen LogP contribution in [0.3, 0.4) is 0 Å². The summed E-state index contributed by atoms with van der Waals surface area (Å²) >= 11 is 5.34.